The number of guanidine groups is 1. The first-order valence-corrected chi connectivity index (χ1v) is 8.38. The van der Waals surface area contributed by atoms with Gasteiger partial charge in [-0.3, -0.25) is 9.88 Å². The molecule has 0 fully saturated rings. The number of benzene rings is 2. The van der Waals surface area contributed by atoms with Crippen molar-refractivity contribution in [3.63, 3.8) is 0 Å². The van der Waals surface area contributed by atoms with E-state index in [0.717, 1.165) is 16.6 Å². The quantitative estimate of drug-likeness (QED) is 0.544. The average Bonchev–Trinajstić information content (AvgIpc) is 2.89. The average molecular weight is 437 g/mol. The number of imidazole rings is 1. The first-order valence-electron chi connectivity index (χ1n) is 6.80. The van der Waals surface area contributed by atoms with Gasteiger partial charge in [0.2, 0.25) is 5.95 Å². The molecule has 0 radical (unpaired) electrons. The Kier molecular flexibility index (Phi) is 3.31. The van der Waals surface area contributed by atoms with Crippen LogP contribution in [-0.2, 0) is 0 Å². The number of phenolic OH excluding ortho intramolecular Hbond substituents is 1. The smallest absolute Gasteiger partial charge is 0.212 e. The first-order chi connectivity index (χ1) is 11.0. The molecular formula is C15H11Br2N5O. The molecular weight excluding hydrogens is 426 g/mol. The second kappa shape index (κ2) is 5.24. The number of aromatic nitrogens is 2. The summed E-state index contributed by atoms with van der Waals surface area (Å²) in [7, 11) is 0. The number of hydrogen-bond donors (Lipinski definition) is 3. The van der Waals surface area contributed by atoms with Gasteiger partial charge in [-0.2, -0.15) is 0 Å². The number of nitrogens with two attached hydrogens (primary N) is 1. The molecule has 0 unspecified atom stereocenters. The van der Waals surface area contributed by atoms with Crippen molar-refractivity contribution in [3.8, 4) is 5.75 Å². The SMILES string of the molecule is NC1=N[C@@H](c2cc(Br)c(O)c(Br)c2)n2c(nc3ccccc32)N1. The normalized spacial score (nSPS) is 16.8. The van der Waals surface area contributed by atoms with Crippen molar-refractivity contribution in [2.24, 2.45) is 10.7 Å². The summed E-state index contributed by atoms with van der Waals surface area (Å²) in [5, 5.41) is 12.9. The minimum absolute atomic E-state index is 0.148. The third kappa shape index (κ3) is 2.29. The summed E-state index contributed by atoms with van der Waals surface area (Å²) >= 11 is 6.72. The first kappa shape index (κ1) is 14.5. The Labute approximate surface area is 148 Å². The number of phenols is 1. The van der Waals surface area contributed by atoms with Crippen LogP contribution < -0.4 is 11.1 Å². The lowest BCUT2D eigenvalue weighted by atomic mass is 10.1. The Morgan fingerprint density at radius 2 is 1.87 bits per heavy atom. The van der Waals surface area contributed by atoms with Gasteiger partial charge in [0.15, 0.2) is 12.1 Å². The van der Waals surface area contributed by atoms with Crippen LogP contribution in [0.2, 0.25) is 0 Å². The maximum atomic E-state index is 9.92. The van der Waals surface area contributed by atoms with Gasteiger partial charge in [-0.05, 0) is 61.7 Å². The van der Waals surface area contributed by atoms with E-state index in [1.54, 1.807) is 0 Å². The zero-order chi connectivity index (χ0) is 16.1. The Hall–Kier alpha value is -2.06. The highest BCUT2D eigenvalue weighted by atomic mass is 79.9. The molecule has 0 amide bonds. The van der Waals surface area contributed by atoms with Gasteiger partial charge in [-0.15, -0.1) is 0 Å². The third-order valence-corrected chi connectivity index (χ3v) is 4.89. The molecule has 0 spiro atoms. The molecule has 116 valence electrons. The molecule has 2 heterocycles. The summed E-state index contributed by atoms with van der Waals surface area (Å²) in [4.78, 5) is 9.07. The zero-order valence-electron chi connectivity index (χ0n) is 11.7. The summed E-state index contributed by atoms with van der Waals surface area (Å²) in [5.41, 5.74) is 8.61. The lowest BCUT2D eigenvalue weighted by Crippen LogP contribution is -2.31. The lowest BCUT2D eigenvalue weighted by Gasteiger charge is -2.24. The number of nitrogens with zero attached hydrogens (tertiary/aromatic N) is 3. The number of fused-ring (bicyclic) bond motifs is 3. The number of nitrogens with one attached hydrogen (secondary N) is 1. The van der Waals surface area contributed by atoms with Crippen LogP contribution in [0.15, 0.2) is 50.3 Å². The number of hydrogen-bond acceptors (Lipinski definition) is 5. The molecule has 1 aromatic heterocycles. The highest BCUT2D eigenvalue weighted by Gasteiger charge is 2.26. The predicted octanol–water partition coefficient (Wildman–Crippen LogP) is 3.55. The van der Waals surface area contributed by atoms with E-state index in [9.17, 15) is 5.11 Å². The molecule has 1 aliphatic rings. The second-order valence-corrected chi connectivity index (χ2v) is 6.85. The van der Waals surface area contributed by atoms with Crippen LogP contribution in [0.5, 0.6) is 5.75 Å². The fraction of sp³-hybridized carbons (Fsp3) is 0.0667. The van der Waals surface area contributed by atoms with E-state index in [1.807, 2.05) is 41.0 Å². The third-order valence-electron chi connectivity index (χ3n) is 3.68. The standard InChI is InChI=1S/C15H11Br2N5O/c16-8-5-7(6-9(17)12(8)23)13-20-14(18)21-15-19-10-3-1-2-4-11(10)22(13)15/h1-6,13,23H,(H3,18,19,20,21)/t13-/m1/s1. The van der Waals surface area contributed by atoms with Gasteiger partial charge < -0.3 is 10.8 Å². The van der Waals surface area contributed by atoms with Crippen LogP contribution in [0.1, 0.15) is 11.7 Å². The van der Waals surface area contributed by atoms with Crippen molar-refractivity contribution < 1.29 is 5.11 Å². The highest BCUT2D eigenvalue weighted by molar-refractivity contribution is 9.11. The fourth-order valence-electron chi connectivity index (χ4n) is 2.67. The van der Waals surface area contributed by atoms with Gasteiger partial charge in [0, 0.05) is 0 Å². The van der Waals surface area contributed by atoms with Crippen molar-refractivity contribution in [3.05, 3.63) is 50.9 Å². The molecule has 1 atom stereocenters. The molecule has 0 bridgehead atoms. The molecule has 3 aromatic rings. The van der Waals surface area contributed by atoms with Crippen LogP contribution >= 0.6 is 31.9 Å². The molecule has 23 heavy (non-hydrogen) atoms. The van der Waals surface area contributed by atoms with Crippen molar-refractivity contribution in [1.82, 2.24) is 9.55 Å². The highest BCUT2D eigenvalue weighted by Crippen LogP contribution is 2.39. The maximum Gasteiger partial charge on any atom is 0.212 e. The Morgan fingerprint density at radius 1 is 1.17 bits per heavy atom. The summed E-state index contributed by atoms with van der Waals surface area (Å²) < 4.78 is 3.15. The largest absolute Gasteiger partial charge is 0.506 e. The van der Waals surface area contributed by atoms with Crippen LogP contribution in [0, 0.1) is 0 Å². The van der Waals surface area contributed by atoms with E-state index in [-0.39, 0.29) is 11.9 Å². The van der Waals surface area contributed by atoms with E-state index in [2.05, 4.69) is 47.2 Å². The van der Waals surface area contributed by atoms with E-state index >= 15 is 0 Å². The molecule has 0 aliphatic carbocycles. The van der Waals surface area contributed by atoms with Gasteiger partial charge in [0.1, 0.15) is 5.75 Å². The van der Waals surface area contributed by atoms with Crippen LogP contribution in [0.25, 0.3) is 11.0 Å². The molecule has 0 saturated carbocycles. The minimum Gasteiger partial charge on any atom is -0.506 e. The summed E-state index contributed by atoms with van der Waals surface area (Å²) in [6.07, 6.45) is -0.369. The van der Waals surface area contributed by atoms with Gasteiger partial charge in [-0.25, -0.2) is 9.98 Å². The molecule has 8 heteroatoms. The minimum atomic E-state index is -0.369. The molecule has 4 rings (SSSR count). The second-order valence-electron chi connectivity index (χ2n) is 5.14. The molecule has 4 N–H and O–H groups in total. The Balaban J connectivity index is 1.97. The van der Waals surface area contributed by atoms with Crippen LogP contribution in [-0.4, -0.2) is 20.6 Å². The summed E-state index contributed by atoms with van der Waals surface area (Å²) in [5.74, 6) is 1.09. The molecule has 6 nitrogen and oxygen atoms in total. The van der Waals surface area contributed by atoms with Crippen molar-refractivity contribution >= 4 is 54.8 Å². The van der Waals surface area contributed by atoms with Crippen molar-refractivity contribution in [1.29, 1.82) is 0 Å². The zero-order valence-corrected chi connectivity index (χ0v) is 14.8. The number of halogens is 2. The lowest BCUT2D eigenvalue weighted by molar-refractivity contribution is 0.467. The molecule has 2 aromatic carbocycles. The summed E-state index contributed by atoms with van der Waals surface area (Å²) in [6.45, 7) is 0. The Bertz CT molecular complexity index is 943. The van der Waals surface area contributed by atoms with Crippen LogP contribution in [0.4, 0.5) is 5.95 Å². The Morgan fingerprint density at radius 3 is 2.61 bits per heavy atom. The van der Waals surface area contributed by atoms with Gasteiger partial charge >= 0.3 is 0 Å². The predicted molar refractivity (Wildman–Crippen MR) is 96.6 cm³/mol. The van der Waals surface area contributed by atoms with Crippen LogP contribution in [0.3, 0.4) is 0 Å². The van der Waals surface area contributed by atoms with Crippen molar-refractivity contribution in [2.45, 2.75) is 6.17 Å². The monoisotopic (exact) mass is 435 g/mol. The topological polar surface area (TPSA) is 88.5 Å². The summed E-state index contributed by atoms with van der Waals surface area (Å²) in [6, 6.07) is 11.5. The van der Waals surface area contributed by atoms with Gasteiger partial charge in [0.05, 0.1) is 20.0 Å². The van der Waals surface area contributed by atoms with E-state index < -0.39 is 0 Å². The number of anilines is 1. The van der Waals surface area contributed by atoms with Crippen molar-refractivity contribution in [2.75, 3.05) is 5.32 Å². The van der Waals surface area contributed by atoms with E-state index in [0.29, 0.717) is 20.9 Å². The number of rotatable bonds is 1. The molecule has 0 saturated heterocycles. The van der Waals surface area contributed by atoms with Gasteiger partial charge in [-0.1, -0.05) is 12.1 Å². The number of aromatic hydroxyl groups is 1. The van der Waals surface area contributed by atoms with Gasteiger partial charge in [0.25, 0.3) is 0 Å². The van der Waals surface area contributed by atoms with E-state index in [1.165, 1.54) is 0 Å². The van der Waals surface area contributed by atoms with E-state index in [4.69, 9.17) is 5.73 Å². The number of para-hydroxylation sites is 2. The maximum absolute atomic E-state index is 9.92. The molecule has 1 aliphatic heterocycles. The number of aliphatic imine (C=N–C) groups is 1. The fourth-order valence-corrected chi connectivity index (χ4v) is 3.90.